The molecule has 1 aromatic rings. The van der Waals surface area contributed by atoms with Crippen molar-refractivity contribution in [3.63, 3.8) is 0 Å². The Labute approximate surface area is 636 Å². The monoisotopic (exact) mass is 1430 g/mol. The van der Waals surface area contributed by atoms with Crippen LogP contribution in [-0.2, 0) is 26.2 Å². The van der Waals surface area contributed by atoms with Crippen LogP contribution in [0.15, 0.2) is 71.7 Å². The summed E-state index contributed by atoms with van der Waals surface area (Å²) in [5.41, 5.74) is 2.60. The largest absolute Gasteiger partial charge is 0.511 e. The van der Waals surface area contributed by atoms with E-state index in [0.717, 1.165) is 95.7 Å². The molecule has 0 bridgehead atoms. The fourth-order valence-corrected chi connectivity index (χ4v) is 33.3. The molecule has 1 unspecified atom stereocenters. The van der Waals surface area contributed by atoms with Crippen molar-refractivity contribution in [1.82, 2.24) is 5.16 Å². The van der Waals surface area contributed by atoms with Gasteiger partial charge in [0.25, 0.3) is 0 Å². The van der Waals surface area contributed by atoms with Crippen molar-refractivity contribution in [2.24, 2.45) is 163 Å². The Morgan fingerprint density at radius 2 is 0.819 bits per heavy atom. The third-order valence-corrected chi connectivity index (χ3v) is 39.8. The molecular formula is C96H141N3O6. The number of fused-ring (bicyclic) bond motifs is 22. The molecule has 0 aromatic carbocycles. The minimum atomic E-state index is -0.732. The first-order valence-corrected chi connectivity index (χ1v) is 42.5. The molecule has 1 aromatic heterocycles. The first kappa shape index (κ1) is 77.4. The van der Waals surface area contributed by atoms with Gasteiger partial charge in [-0.1, -0.05) is 175 Å². The topological polar surface area (TPSA) is 165 Å². The summed E-state index contributed by atoms with van der Waals surface area (Å²) in [6.07, 6.45) is 37.9. The Kier molecular flexibility index (Phi) is 17.6. The summed E-state index contributed by atoms with van der Waals surface area (Å²) in [5.74, 6) is 6.39. The normalized spacial score (nSPS) is 50.6. The van der Waals surface area contributed by atoms with Crippen molar-refractivity contribution in [1.29, 1.82) is 10.5 Å². The summed E-state index contributed by atoms with van der Waals surface area (Å²) in [6.45, 7) is 62.9. The van der Waals surface area contributed by atoms with Crippen molar-refractivity contribution >= 4 is 17.3 Å². The molecule has 2 N–H and O–H groups in total. The maximum atomic E-state index is 14.5. The van der Waals surface area contributed by atoms with Crippen LogP contribution < -0.4 is 0 Å². The molecule has 15 aliphatic rings. The van der Waals surface area contributed by atoms with Crippen molar-refractivity contribution < 1.29 is 29.1 Å². The molecule has 9 nitrogen and oxygen atoms in total. The van der Waals surface area contributed by atoms with E-state index in [1.165, 1.54) is 63.4 Å². The van der Waals surface area contributed by atoms with Crippen molar-refractivity contribution in [3.8, 4) is 12.1 Å². The van der Waals surface area contributed by atoms with Crippen molar-refractivity contribution in [2.45, 2.75) is 324 Å². The molecule has 0 radical (unpaired) electrons. The van der Waals surface area contributed by atoms with Gasteiger partial charge in [-0.05, 0) is 288 Å². The highest BCUT2D eigenvalue weighted by molar-refractivity contribution is 5.86. The fourth-order valence-electron chi connectivity index (χ4n) is 33.3. The third kappa shape index (κ3) is 10.2. The number of carbonyl (C=O) groups is 3. The van der Waals surface area contributed by atoms with Crippen LogP contribution in [0.1, 0.15) is 317 Å². The number of hydrogen-bond acceptors (Lipinski definition) is 9. The van der Waals surface area contributed by atoms with Crippen LogP contribution in [0.3, 0.4) is 0 Å². The van der Waals surface area contributed by atoms with Gasteiger partial charge in [0.1, 0.15) is 28.9 Å². The van der Waals surface area contributed by atoms with Crippen LogP contribution in [0.4, 0.5) is 0 Å². The summed E-state index contributed by atoms with van der Waals surface area (Å²) in [5, 5.41) is 46.2. The van der Waals surface area contributed by atoms with Crippen molar-refractivity contribution in [2.75, 3.05) is 0 Å². The van der Waals surface area contributed by atoms with Gasteiger partial charge >= 0.3 is 0 Å². The van der Waals surface area contributed by atoms with Gasteiger partial charge in [0.05, 0.1) is 35.6 Å². The first-order valence-electron chi connectivity index (χ1n) is 42.5. The predicted octanol–water partition coefficient (Wildman–Crippen LogP) is 23.4. The smallest absolute Gasteiger partial charge is 0.145 e. The van der Waals surface area contributed by atoms with E-state index in [4.69, 9.17) is 4.52 Å². The van der Waals surface area contributed by atoms with Crippen LogP contribution in [0.25, 0.3) is 0 Å². The molecule has 16 rings (SSSR count). The molecule has 1 heterocycles. The summed E-state index contributed by atoms with van der Waals surface area (Å²) < 4.78 is 5.83. The highest BCUT2D eigenvalue weighted by Crippen LogP contribution is 2.81. The summed E-state index contributed by atoms with van der Waals surface area (Å²) in [7, 11) is 0. The average molecular weight is 1430 g/mol. The zero-order valence-corrected chi connectivity index (χ0v) is 69.8. The molecule has 9 heteroatoms. The van der Waals surface area contributed by atoms with Gasteiger partial charge in [-0.2, -0.15) is 10.5 Å². The highest BCUT2D eigenvalue weighted by atomic mass is 16.5. The Morgan fingerprint density at radius 1 is 0.457 bits per heavy atom. The molecule has 105 heavy (non-hydrogen) atoms. The Bertz CT molecular complexity index is 3950. The quantitative estimate of drug-likeness (QED) is 0.280. The van der Waals surface area contributed by atoms with E-state index < -0.39 is 11.5 Å². The van der Waals surface area contributed by atoms with Crippen molar-refractivity contribution in [3.05, 3.63) is 78.5 Å². The summed E-state index contributed by atoms with van der Waals surface area (Å²) in [6, 6.07) is 4.67. The fraction of sp³-hybridized carbons (Fsp3) is 0.812. The number of nitriles is 2. The van der Waals surface area contributed by atoms with E-state index in [1.54, 1.807) is 0 Å². The lowest BCUT2D eigenvalue weighted by Crippen LogP contribution is -2.68. The van der Waals surface area contributed by atoms with Gasteiger partial charge in [0, 0.05) is 53.4 Å². The van der Waals surface area contributed by atoms with Crippen LogP contribution in [0.5, 0.6) is 0 Å². The Balaban J connectivity index is 0.000000133. The molecular weight excluding hydrogens is 1290 g/mol. The first-order chi connectivity index (χ1) is 48.5. The second kappa shape index (κ2) is 23.9. The molecule has 0 spiro atoms. The number of rotatable bonds is 3. The van der Waals surface area contributed by atoms with Crippen LogP contribution in [-0.4, -0.2) is 38.8 Å². The number of ketones is 3. The SMILES string of the molecule is C=C[C@]12CCC(C)(C)C[C@H]1[C@H]1C(=O)C[C@@H]3[C@@]4(C)C=C(C#N)C(O)C(C)(C)[C@@H]4CC[C@@]3(C)[C@]1(C)CC2.C=C[C@]12CCC(C)(C)C[C@H]1[C@H]1C(=O)C[C@@H]3[C@@]4(C)CC(C#N)=C(O)C(C)(C)[C@@H]4CC[C@@]3(C)[C@]1(C)CC2.C=C[C@]12CCC(C)(C)C[C@H]1[C@H]1C(=O)C[C@@H]3[C@@]4(C)Cc5cnoc5C(C)(C)[C@@H]4CC[C@@]3(C)[C@]1(C)CC2. The molecule has 0 aliphatic heterocycles. The van der Waals surface area contributed by atoms with E-state index in [0.29, 0.717) is 82.8 Å². The van der Waals surface area contributed by atoms with Gasteiger partial charge in [-0.25, -0.2) is 0 Å². The van der Waals surface area contributed by atoms with Crippen LogP contribution >= 0.6 is 0 Å². The molecule has 25 atom stereocenters. The number of Topliss-reactive ketones (excluding diaryl/α,β-unsaturated/α-hetero) is 3. The maximum absolute atomic E-state index is 14.5. The molecule has 12 saturated carbocycles. The second-order valence-corrected chi connectivity index (χ2v) is 46.3. The van der Waals surface area contributed by atoms with Gasteiger partial charge in [-0.3, -0.25) is 14.4 Å². The Morgan fingerprint density at radius 3 is 1.21 bits per heavy atom. The third-order valence-electron chi connectivity index (χ3n) is 39.8. The summed E-state index contributed by atoms with van der Waals surface area (Å²) >= 11 is 0. The lowest BCUT2D eigenvalue weighted by Gasteiger charge is -2.72. The Hall–Kier alpha value is -4.34. The standard InChI is InChI=1S/3C32H47NO2/c1-9-32-14-12-27(2,3)18-21(32)25-22(34)16-24-29(6)17-20-19-33-35-26(20)28(4,5)23(29)10-11-30(24,7)31(25,8)13-15-32;2*1-9-32-14-12-27(2,3)18-21(32)25-22(34)16-24-29(6)17-20(19-33)26(35)28(4,5)23(29)10-11-30(24,7)31(25,8)13-15-32/h9,19,21,23-25H,1,10-18H2,2-8H3;9,21,23-25,35H,1,10-18H2,2-8H3;9,17,21,23-26,35H,1,10-16,18H2,2-8H3/t2*21-,23-,24+,25-,29-,30+,31+,32+;21-,23-,24+,25-,26?,29-,30+,31+,32+/m000/s1. The lowest BCUT2D eigenvalue weighted by molar-refractivity contribution is -0.226. The van der Waals surface area contributed by atoms with E-state index in [-0.39, 0.29) is 134 Å². The minimum absolute atomic E-state index is 0.0290. The second-order valence-electron chi connectivity index (χ2n) is 46.3. The number of allylic oxidation sites excluding steroid dienone is 6. The number of nitrogens with zero attached hydrogens (tertiary/aromatic N) is 3. The van der Waals surface area contributed by atoms with E-state index >= 15 is 0 Å². The predicted molar refractivity (Wildman–Crippen MR) is 420 cm³/mol. The molecule has 576 valence electrons. The maximum Gasteiger partial charge on any atom is 0.145 e. The van der Waals surface area contributed by atoms with E-state index in [9.17, 15) is 35.1 Å². The lowest BCUT2D eigenvalue weighted by atomic mass is 9.31. The molecule has 12 fully saturated rings. The van der Waals surface area contributed by atoms with Gasteiger partial charge in [0.2, 0.25) is 0 Å². The van der Waals surface area contributed by atoms with Gasteiger partial charge in [-0.15, -0.1) is 19.7 Å². The number of aliphatic hydroxyl groups is 2. The number of hydrogen-bond donors (Lipinski definition) is 2. The van der Waals surface area contributed by atoms with Gasteiger partial charge in [0.15, 0.2) is 0 Å². The average Bonchev–Trinajstić information content (AvgIpc) is 0.950. The zero-order chi connectivity index (χ0) is 76.9. The van der Waals surface area contributed by atoms with Crippen LogP contribution in [0, 0.1) is 186 Å². The van der Waals surface area contributed by atoms with Gasteiger partial charge < -0.3 is 14.7 Å². The highest BCUT2D eigenvalue weighted by Gasteiger charge is 2.76. The van der Waals surface area contributed by atoms with E-state index in [2.05, 4.69) is 207 Å². The number of aliphatic hydroxyl groups excluding tert-OH is 2. The molecule has 15 aliphatic carbocycles. The number of aromatic nitrogens is 1. The van der Waals surface area contributed by atoms with Crippen LogP contribution in [0.2, 0.25) is 0 Å². The number of carbonyl (C=O) groups excluding carboxylic acids is 3. The zero-order valence-electron chi connectivity index (χ0n) is 69.8. The van der Waals surface area contributed by atoms with E-state index in [1.807, 2.05) is 6.20 Å². The summed E-state index contributed by atoms with van der Waals surface area (Å²) in [4.78, 5) is 43.2. The molecule has 0 saturated heterocycles. The molecule has 0 amide bonds. The minimum Gasteiger partial charge on any atom is -0.511 e.